The Labute approximate surface area is 108 Å². The van der Waals surface area contributed by atoms with Crippen molar-refractivity contribution in [2.45, 2.75) is 25.9 Å². The normalized spacial score (nSPS) is 26.1. The van der Waals surface area contributed by atoms with Crippen LogP contribution in [0.3, 0.4) is 0 Å². The zero-order chi connectivity index (χ0) is 12.4. The van der Waals surface area contributed by atoms with E-state index in [0.29, 0.717) is 6.61 Å². The average molecular weight is 245 g/mol. The van der Waals surface area contributed by atoms with Crippen molar-refractivity contribution in [1.29, 1.82) is 0 Å². The summed E-state index contributed by atoms with van der Waals surface area (Å²) >= 11 is 0. The topological polar surface area (TPSA) is 29.5 Å². The monoisotopic (exact) mass is 245 g/mol. The third-order valence-electron chi connectivity index (χ3n) is 4.19. The summed E-state index contributed by atoms with van der Waals surface area (Å²) in [6.45, 7) is 2.18. The maximum absolute atomic E-state index is 12.0. The number of fused-ring (bicyclic) bond motifs is 1. The molecule has 3 nitrogen and oxygen atoms in total. The second-order valence-electron chi connectivity index (χ2n) is 5.40. The molecule has 1 saturated carbocycles. The summed E-state index contributed by atoms with van der Waals surface area (Å²) in [5, 5.41) is 0. The number of rotatable bonds is 2. The first-order chi connectivity index (χ1) is 8.83. The van der Waals surface area contributed by atoms with Gasteiger partial charge >= 0.3 is 6.09 Å². The maximum Gasteiger partial charge on any atom is 0.410 e. The molecule has 1 amide bonds. The molecule has 2 atom stereocenters. The lowest BCUT2D eigenvalue weighted by molar-refractivity contribution is 0.102. The molecule has 2 aliphatic rings. The molecule has 2 fully saturated rings. The molecular weight excluding hydrogens is 226 g/mol. The lowest BCUT2D eigenvalue weighted by atomic mass is 10.0. The number of ether oxygens (including phenoxy) is 1. The van der Waals surface area contributed by atoms with E-state index in [1.165, 1.54) is 19.3 Å². The number of nitrogens with zero attached hydrogens (tertiary/aromatic N) is 1. The van der Waals surface area contributed by atoms with Gasteiger partial charge in [-0.05, 0) is 30.2 Å². The minimum Gasteiger partial charge on any atom is -0.445 e. The SMILES string of the molecule is O=C(OCc1ccccc1)N1C[C@@H]2CCC[C@H]2C1. The van der Waals surface area contributed by atoms with Gasteiger partial charge in [0.15, 0.2) is 0 Å². The zero-order valence-corrected chi connectivity index (χ0v) is 10.5. The van der Waals surface area contributed by atoms with E-state index in [1.807, 2.05) is 35.2 Å². The van der Waals surface area contributed by atoms with Gasteiger partial charge in [-0.2, -0.15) is 0 Å². The van der Waals surface area contributed by atoms with Crippen LogP contribution >= 0.6 is 0 Å². The summed E-state index contributed by atoms with van der Waals surface area (Å²) < 4.78 is 5.36. The molecule has 1 aliphatic carbocycles. The van der Waals surface area contributed by atoms with E-state index in [1.54, 1.807) is 0 Å². The third-order valence-corrected chi connectivity index (χ3v) is 4.19. The largest absolute Gasteiger partial charge is 0.445 e. The highest BCUT2D eigenvalue weighted by Crippen LogP contribution is 2.37. The standard InChI is InChI=1S/C15H19NO2/c17-15(18-11-12-5-2-1-3-6-12)16-9-13-7-4-8-14(13)10-16/h1-3,5-6,13-14H,4,7-11H2/t13-,14-/m0/s1. The van der Waals surface area contributed by atoms with Crippen LogP contribution in [0.2, 0.25) is 0 Å². The Morgan fingerprint density at radius 3 is 2.50 bits per heavy atom. The van der Waals surface area contributed by atoms with Crippen LogP contribution < -0.4 is 0 Å². The van der Waals surface area contributed by atoms with Crippen molar-refractivity contribution in [3.63, 3.8) is 0 Å². The molecule has 18 heavy (non-hydrogen) atoms. The lowest BCUT2D eigenvalue weighted by Crippen LogP contribution is -2.30. The number of carbonyl (C=O) groups excluding carboxylic acids is 1. The predicted octanol–water partition coefficient (Wildman–Crippen LogP) is 3.06. The van der Waals surface area contributed by atoms with Crippen molar-refractivity contribution in [1.82, 2.24) is 4.90 Å². The maximum atomic E-state index is 12.0. The first kappa shape index (κ1) is 11.6. The highest BCUT2D eigenvalue weighted by atomic mass is 16.6. The molecule has 96 valence electrons. The molecule has 0 N–H and O–H groups in total. The van der Waals surface area contributed by atoms with Gasteiger partial charge in [-0.1, -0.05) is 36.8 Å². The van der Waals surface area contributed by atoms with Crippen molar-refractivity contribution in [3.05, 3.63) is 35.9 Å². The molecule has 1 aliphatic heterocycles. The van der Waals surface area contributed by atoms with Crippen LogP contribution in [-0.4, -0.2) is 24.1 Å². The van der Waals surface area contributed by atoms with Crippen molar-refractivity contribution in [2.24, 2.45) is 11.8 Å². The Morgan fingerprint density at radius 2 is 1.83 bits per heavy atom. The molecule has 0 aromatic heterocycles. The number of likely N-dealkylation sites (tertiary alicyclic amines) is 1. The fourth-order valence-corrected chi connectivity index (χ4v) is 3.19. The molecule has 0 radical (unpaired) electrons. The third kappa shape index (κ3) is 2.35. The molecule has 3 heteroatoms. The van der Waals surface area contributed by atoms with E-state index in [-0.39, 0.29) is 6.09 Å². The van der Waals surface area contributed by atoms with Gasteiger partial charge in [-0.15, -0.1) is 0 Å². The minimum atomic E-state index is -0.145. The molecule has 1 aromatic rings. The van der Waals surface area contributed by atoms with Crippen molar-refractivity contribution < 1.29 is 9.53 Å². The summed E-state index contributed by atoms with van der Waals surface area (Å²) in [6, 6.07) is 9.85. The van der Waals surface area contributed by atoms with E-state index in [9.17, 15) is 4.79 Å². The van der Waals surface area contributed by atoms with Gasteiger partial charge in [0, 0.05) is 13.1 Å². The second-order valence-corrected chi connectivity index (χ2v) is 5.40. The van der Waals surface area contributed by atoms with Crippen molar-refractivity contribution in [3.8, 4) is 0 Å². The Balaban J connectivity index is 1.50. The summed E-state index contributed by atoms with van der Waals surface area (Å²) in [6.07, 6.45) is 3.76. The number of amides is 1. The zero-order valence-electron chi connectivity index (χ0n) is 10.5. The van der Waals surface area contributed by atoms with Crippen LogP contribution in [0.25, 0.3) is 0 Å². The predicted molar refractivity (Wildman–Crippen MR) is 69.0 cm³/mol. The molecule has 0 spiro atoms. The van der Waals surface area contributed by atoms with Crippen LogP contribution in [0, 0.1) is 11.8 Å². The Hall–Kier alpha value is -1.51. The van der Waals surface area contributed by atoms with Crippen molar-refractivity contribution >= 4 is 6.09 Å². The van der Waals surface area contributed by atoms with Gasteiger partial charge in [-0.25, -0.2) is 4.79 Å². The minimum absolute atomic E-state index is 0.145. The van der Waals surface area contributed by atoms with Crippen LogP contribution in [0.15, 0.2) is 30.3 Å². The summed E-state index contributed by atoms with van der Waals surface area (Å²) in [4.78, 5) is 13.8. The fraction of sp³-hybridized carbons (Fsp3) is 0.533. The van der Waals surface area contributed by atoms with Gasteiger partial charge in [0.05, 0.1) is 0 Å². The fourth-order valence-electron chi connectivity index (χ4n) is 3.19. The summed E-state index contributed by atoms with van der Waals surface area (Å²) in [5.74, 6) is 1.46. The van der Waals surface area contributed by atoms with Crippen LogP contribution in [-0.2, 0) is 11.3 Å². The quantitative estimate of drug-likeness (QED) is 0.801. The van der Waals surface area contributed by atoms with Crippen LogP contribution in [0.5, 0.6) is 0 Å². The average Bonchev–Trinajstić information content (AvgIpc) is 2.98. The molecule has 3 rings (SSSR count). The number of benzene rings is 1. The van der Waals surface area contributed by atoms with Crippen molar-refractivity contribution in [2.75, 3.05) is 13.1 Å². The van der Waals surface area contributed by atoms with E-state index >= 15 is 0 Å². The van der Waals surface area contributed by atoms with Crippen LogP contribution in [0.1, 0.15) is 24.8 Å². The molecule has 1 saturated heterocycles. The van der Waals surface area contributed by atoms with Gasteiger partial charge in [-0.3, -0.25) is 0 Å². The molecule has 0 unspecified atom stereocenters. The second kappa shape index (κ2) is 5.01. The van der Waals surface area contributed by atoms with Gasteiger partial charge in [0.1, 0.15) is 6.61 Å². The van der Waals surface area contributed by atoms with Gasteiger partial charge in [0.2, 0.25) is 0 Å². The van der Waals surface area contributed by atoms with E-state index < -0.39 is 0 Å². The Bertz CT molecular complexity index is 406. The Morgan fingerprint density at radius 1 is 1.17 bits per heavy atom. The highest BCUT2D eigenvalue weighted by molar-refractivity contribution is 5.68. The molecule has 1 heterocycles. The lowest BCUT2D eigenvalue weighted by Gasteiger charge is -2.17. The van der Waals surface area contributed by atoms with E-state index in [4.69, 9.17) is 4.74 Å². The van der Waals surface area contributed by atoms with Crippen LogP contribution in [0.4, 0.5) is 4.79 Å². The van der Waals surface area contributed by atoms with Gasteiger partial charge in [0.25, 0.3) is 0 Å². The number of hydrogen-bond donors (Lipinski definition) is 0. The summed E-state index contributed by atoms with van der Waals surface area (Å²) in [5.41, 5.74) is 1.05. The number of hydrogen-bond acceptors (Lipinski definition) is 2. The van der Waals surface area contributed by atoms with E-state index in [0.717, 1.165) is 30.5 Å². The highest BCUT2D eigenvalue weighted by Gasteiger charge is 2.38. The molecular formula is C15H19NO2. The first-order valence-electron chi connectivity index (χ1n) is 6.78. The molecule has 1 aromatic carbocycles. The Kier molecular flexibility index (Phi) is 3.22. The number of carbonyl (C=O) groups is 1. The van der Waals surface area contributed by atoms with E-state index in [2.05, 4.69) is 0 Å². The first-order valence-corrected chi connectivity index (χ1v) is 6.78. The summed E-state index contributed by atoms with van der Waals surface area (Å²) in [7, 11) is 0. The van der Waals surface area contributed by atoms with Gasteiger partial charge < -0.3 is 9.64 Å². The molecule has 0 bridgehead atoms. The smallest absolute Gasteiger partial charge is 0.410 e.